The summed E-state index contributed by atoms with van der Waals surface area (Å²) in [7, 11) is 0. The number of alkyl halides is 3. The van der Waals surface area contributed by atoms with Crippen LogP contribution in [0.4, 0.5) is 13.2 Å². The molecule has 0 saturated carbocycles. The van der Waals surface area contributed by atoms with Crippen molar-refractivity contribution in [2.45, 2.75) is 39.4 Å². The molecule has 0 radical (unpaired) electrons. The van der Waals surface area contributed by atoms with E-state index in [2.05, 4.69) is 29.4 Å². The van der Waals surface area contributed by atoms with Crippen LogP contribution in [0, 0.1) is 11.8 Å². The van der Waals surface area contributed by atoms with Gasteiger partial charge in [0.05, 0.1) is 26.3 Å². The van der Waals surface area contributed by atoms with Crippen LogP contribution >= 0.6 is 0 Å². The average molecular weight is 408 g/mol. The van der Waals surface area contributed by atoms with Crippen LogP contribution in [0.3, 0.4) is 0 Å². The minimum absolute atomic E-state index is 0.214. The van der Waals surface area contributed by atoms with Crippen LogP contribution in [0.2, 0.25) is 0 Å². The van der Waals surface area contributed by atoms with E-state index in [0.717, 1.165) is 45.2 Å². The molecular formula is C19H36F3N5O. The van der Waals surface area contributed by atoms with Crippen molar-refractivity contribution in [1.82, 2.24) is 20.4 Å². The molecule has 0 aliphatic carbocycles. The van der Waals surface area contributed by atoms with Crippen LogP contribution in [0.15, 0.2) is 4.99 Å². The van der Waals surface area contributed by atoms with Gasteiger partial charge in [0.1, 0.15) is 0 Å². The molecule has 0 spiro atoms. The minimum Gasteiger partial charge on any atom is -0.379 e. The zero-order valence-electron chi connectivity index (χ0n) is 17.4. The average Bonchev–Trinajstić information content (AvgIpc) is 3.05. The van der Waals surface area contributed by atoms with Crippen molar-refractivity contribution in [2.75, 3.05) is 65.6 Å². The minimum atomic E-state index is -4.12. The number of hydrogen-bond acceptors (Lipinski definition) is 4. The molecule has 2 heterocycles. The SMILES string of the molecule is CCNC(=NCC(C(C)C)N1CCOCC1)NCC1CCN(CC(F)(F)F)C1. The van der Waals surface area contributed by atoms with Gasteiger partial charge in [0, 0.05) is 38.8 Å². The highest BCUT2D eigenvalue weighted by Crippen LogP contribution is 2.22. The summed E-state index contributed by atoms with van der Waals surface area (Å²) < 4.78 is 43.1. The third kappa shape index (κ3) is 8.13. The van der Waals surface area contributed by atoms with Crippen molar-refractivity contribution < 1.29 is 17.9 Å². The predicted molar refractivity (Wildman–Crippen MR) is 106 cm³/mol. The maximum Gasteiger partial charge on any atom is 0.401 e. The first-order valence-electron chi connectivity index (χ1n) is 10.4. The first kappa shape index (κ1) is 23.2. The van der Waals surface area contributed by atoms with Gasteiger partial charge >= 0.3 is 6.18 Å². The molecule has 2 rings (SSSR count). The standard InChI is InChI=1S/C19H36F3N5O/c1-4-23-18(24-11-16-5-6-26(13-16)14-19(20,21)22)25-12-17(15(2)3)27-7-9-28-10-8-27/h15-17H,4-14H2,1-3H3,(H2,23,24,25). The second-order valence-electron chi connectivity index (χ2n) is 8.07. The number of aliphatic imine (C=N–C) groups is 1. The smallest absolute Gasteiger partial charge is 0.379 e. The zero-order chi connectivity index (χ0) is 20.6. The highest BCUT2D eigenvalue weighted by Gasteiger charge is 2.34. The summed E-state index contributed by atoms with van der Waals surface area (Å²) in [6.45, 7) is 12.1. The van der Waals surface area contributed by atoms with Crippen LogP contribution in [0.5, 0.6) is 0 Å². The monoisotopic (exact) mass is 407 g/mol. The first-order valence-corrected chi connectivity index (χ1v) is 10.4. The molecule has 164 valence electrons. The van der Waals surface area contributed by atoms with E-state index in [-0.39, 0.29) is 5.92 Å². The third-order valence-electron chi connectivity index (χ3n) is 5.40. The van der Waals surface area contributed by atoms with Crippen LogP contribution < -0.4 is 10.6 Å². The number of guanidine groups is 1. The maximum atomic E-state index is 12.5. The molecule has 28 heavy (non-hydrogen) atoms. The van der Waals surface area contributed by atoms with E-state index >= 15 is 0 Å². The highest BCUT2D eigenvalue weighted by atomic mass is 19.4. The van der Waals surface area contributed by atoms with Crippen LogP contribution in [-0.4, -0.2) is 93.5 Å². The van der Waals surface area contributed by atoms with Crippen molar-refractivity contribution in [3.63, 3.8) is 0 Å². The number of ether oxygens (including phenoxy) is 1. The Morgan fingerprint density at radius 1 is 1.18 bits per heavy atom. The molecule has 0 amide bonds. The van der Waals surface area contributed by atoms with E-state index in [9.17, 15) is 13.2 Å². The fourth-order valence-corrected chi connectivity index (χ4v) is 3.90. The van der Waals surface area contributed by atoms with E-state index < -0.39 is 12.7 Å². The van der Waals surface area contributed by atoms with Gasteiger partial charge in [-0.3, -0.25) is 14.8 Å². The van der Waals surface area contributed by atoms with Gasteiger partial charge in [0.2, 0.25) is 0 Å². The van der Waals surface area contributed by atoms with Gasteiger partial charge in [-0.2, -0.15) is 13.2 Å². The molecule has 0 aromatic rings. The van der Waals surface area contributed by atoms with Gasteiger partial charge in [-0.25, -0.2) is 0 Å². The van der Waals surface area contributed by atoms with Crippen molar-refractivity contribution in [3.05, 3.63) is 0 Å². The first-order chi connectivity index (χ1) is 13.3. The van der Waals surface area contributed by atoms with Crippen molar-refractivity contribution in [3.8, 4) is 0 Å². The summed E-state index contributed by atoms with van der Waals surface area (Å²) in [4.78, 5) is 8.70. The fourth-order valence-electron chi connectivity index (χ4n) is 3.90. The Morgan fingerprint density at radius 3 is 2.50 bits per heavy atom. The Balaban J connectivity index is 1.84. The largest absolute Gasteiger partial charge is 0.401 e. The van der Waals surface area contributed by atoms with Gasteiger partial charge in [0.15, 0.2) is 5.96 Å². The van der Waals surface area contributed by atoms with Gasteiger partial charge in [-0.1, -0.05) is 13.8 Å². The summed E-state index contributed by atoms with van der Waals surface area (Å²) >= 11 is 0. The number of nitrogens with zero attached hydrogens (tertiary/aromatic N) is 3. The Bertz CT molecular complexity index is 481. The molecule has 6 nitrogen and oxygen atoms in total. The summed E-state index contributed by atoms with van der Waals surface area (Å²) in [6, 6.07) is 0.355. The lowest BCUT2D eigenvalue weighted by Crippen LogP contribution is -2.48. The molecule has 2 aliphatic heterocycles. The van der Waals surface area contributed by atoms with Gasteiger partial charge < -0.3 is 15.4 Å². The number of halogens is 3. The lowest BCUT2D eigenvalue weighted by atomic mass is 10.0. The van der Waals surface area contributed by atoms with Crippen molar-refractivity contribution in [1.29, 1.82) is 0 Å². The van der Waals surface area contributed by atoms with Crippen LogP contribution in [-0.2, 0) is 4.74 Å². The third-order valence-corrected chi connectivity index (χ3v) is 5.40. The number of hydrogen-bond donors (Lipinski definition) is 2. The molecule has 2 N–H and O–H groups in total. The molecule has 2 fully saturated rings. The lowest BCUT2D eigenvalue weighted by molar-refractivity contribution is -0.143. The number of rotatable bonds is 8. The number of likely N-dealkylation sites (tertiary alicyclic amines) is 1. The fraction of sp³-hybridized carbons (Fsp3) is 0.947. The maximum absolute atomic E-state index is 12.5. The van der Waals surface area contributed by atoms with Crippen molar-refractivity contribution in [2.24, 2.45) is 16.8 Å². The van der Waals surface area contributed by atoms with Crippen LogP contribution in [0.1, 0.15) is 27.2 Å². The molecule has 2 saturated heterocycles. The molecular weight excluding hydrogens is 371 g/mol. The van der Waals surface area contributed by atoms with E-state index in [1.54, 1.807) is 0 Å². The van der Waals surface area contributed by atoms with E-state index in [1.807, 2.05) is 6.92 Å². The lowest BCUT2D eigenvalue weighted by Gasteiger charge is -2.36. The summed E-state index contributed by atoms with van der Waals surface area (Å²) in [6.07, 6.45) is -3.34. The zero-order valence-corrected chi connectivity index (χ0v) is 17.4. The highest BCUT2D eigenvalue weighted by molar-refractivity contribution is 5.79. The molecule has 0 bridgehead atoms. The van der Waals surface area contributed by atoms with Crippen molar-refractivity contribution >= 4 is 5.96 Å². The van der Waals surface area contributed by atoms with Gasteiger partial charge in [-0.05, 0) is 31.7 Å². The quantitative estimate of drug-likeness (QED) is 0.475. The van der Waals surface area contributed by atoms with E-state index in [1.165, 1.54) is 4.90 Å². The normalized spacial score (nSPS) is 24.0. The Morgan fingerprint density at radius 2 is 1.89 bits per heavy atom. The number of morpholine rings is 1. The van der Waals surface area contributed by atoms with Crippen LogP contribution in [0.25, 0.3) is 0 Å². The van der Waals surface area contributed by atoms with E-state index in [4.69, 9.17) is 9.73 Å². The molecule has 0 aromatic carbocycles. The topological polar surface area (TPSA) is 52.1 Å². The predicted octanol–water partition coefficient (Wildman–Crippen LogP) is 1.78. The van der Waals surface area contributed by atoms with Gasteiger partial charge in [0.25, 0.3) is 0 Å². The summed E-state index contributed by atoms with van der Waals surface area (Å²) in [5.74, 6) is 1.44. The van der Waals surface area contributed by atoms with E-state index in [0.29, 0.717) is 38.1 Å². The molecule has 9 heteroatoms. The van der Waals surface area contributed by atoms with Gasteiger partial charge in [-0.15, -0.1) is 0 Å². The summed E-state index contributed by atoms with van der Waals surface area (Å²) in [5, 5.41) is 6.59. The number of nitrogens with one attached hydrogen (secondary N) is 2. The summed E-state index contributed by atoms with van der Waals surface area (Å²) in [5.41, 5.74) is 0. The molecule has 0 aromatic heterocycles. The Hall–Kier alpha value is -1.06. The Labute approximate surface area is 166 Å². The Kier molecular flexibility index (Phi) is 9.30. The molecule has 2 atom stereocenters. The second kappa shape index (κ2) is 11.2. The molecule has 2 aliphatic rings. The molecule has 2 unspecified atom stereocenters. The second-order valence-corrected chi connectivity index (χ2v) is 8.07.